The Balaban J connectivity index is 0.00000264. The summed E-state index contributed by atoms with van der Waals surface area (Å²) in [5.74, 6) is 0.781. The predicted octanol–water partition coefficient (Wildman–Crippen LogP) is 4.58. The van der Waals surface area contributed by atoms with Crippen molar-refractivity contribution in [3.05, 3.63) is 43.8 Å². The number of halogens is 3. The van der Waals surface area contributed by atoms with Gasteiger partial charge < -0.3 is 15.2 Å². The zero-order valence-corrected chi connectivity index (χ0v) is 18.0. The summed E-state index contributed by atoms with van der Waals surface area (Å²) in [6, 6.07) is 3.97. The van der Waals surface area contributed by atoms with Gasteiger partial charge in [0.15, 0.2) is 5.96 Å². The van der Waals surface area contributed by atoms with E-state index in [1.165, 1.54) is 10.4 Å². The third-order valence-corrected chi connectivity index (χ3v) is 5.21. The van der Waals surface area contributed by atoms with Crippen LogP contribution < -0.4 is 10.6 Å². The molecule has 0 aliphatic heterocycles. The van der Waals surface area contributed by atoms with Crippen LogP contribution >= 0.6 is 58.5 Å². The molecule has 8 heteroatoms. The lowest BCUT2D eigenvalue weighted by Gasteiger charge is -2.11. The second kappa shape index (κ2) is 9.76. The summed E-state index contributed by atoms with van der Waals surface area (Å²) in [6.45, 7) is 6.25. The minimum Gasteiger partial charge on any atom is -0.357 e. The fraction of sp³-hybridized carbons (Fsp3) is 0.400. The van der Waals surface area contributed by atoms with Crippen molar-refractivity contribution in [2.45, 2.75) is 26.9 Å². The average molecular weight is 487 g/mol. The molecule has 0 unspecified atom stereocenters. The molecule has 2 heterocycles. The van der Waals surface area contributed by atoms with Crippen molar-refractivity contribution >= 4 is 64.5 Å². The van der Waals surface area contributed by atoms with Crippen LogP contribution in [0.4, 0.5) is 0 Å². The molecule has 2 aromatic heterocycles. The zero-order chi connectivity index (χ0) is 16.1. The summed E-state index contributed by atoms with van der Waals surface area (Å²) < 4.78 is 1.85. The Morgan fingerprint density at radius 2 is 2.09 bits per heavy atom. The minimum absolute atomic E-state index is 0. The number of nitrogens with one attached hydrogen (secondary N) is 2. The van der Waals surface area contributed by atoms with Crippen molar-refractivity contribution in [2.75, 3.05) is 6.54 Å². The Labute approximate surface area is 168 Å². The monoisotopic (exact) mass is 486 g/mol. The first-order valence-corrected chi connectivity index (χ1v) is 8.71. The molecule has 0 fully saturated rings. The largest absolute Gasteiger partial charge is 0.357 e. The van der Waals surface area contributed by atoms with E-state index in [0.717, 1.165) is 24.7 Å². The Hall–Kier alpha value is -0.440. The van der Waals surface area contributed by atoms with Gasteiger partial charge in [-0.1, -0.05) is 23.2 Å². The van der Waals surface area contributed by atoms with Crippen LogP contribution in [0, 0.1) is 6.92 Å². The number of aliphatic imine (C=N–C) groups is 1. The number of guanidine groups is 1. The first kappa shape index (κ1) is 20.6. The highest BCUT2D eigenvalue weighted by molar-refractivity contribution is 14.0. The van der Waals surface area contributed by atoms with E-state index in [-0.39, 0.29) is 24.0 Å². The molecule has 2 aromatic rings. The van der Waals surface area contributed by atoms with Gasteiger partial charge in [0.05, 0.1) is 18.1 Å². The van der Waals surface area contributed by atoms with E-state index in [1.54, 1.807) is 11.3 Å². The summed E-state index contributed by atoms with van der Waals surface area (Å²) in [5.41, 5.74) is 2.27. The van der Waals surface area contributed by atoms with Crippen LogP contribution in [-0.2, 0) is 20.1 Å². The second-order valence-electron chi connectivity index (χ2n) is 4.91. The fourth-order valence-corrected chi connectivity index (χ4v) is 3.25. The number of nitrogens with zero attached hydrogens (tertiary/aromatic N) is 2. The van der Waals surface area contributed by atoms with Crippen molar-refractivity contribution in [3.63, 3.8) is 0 Å². The molecule has 0 atom stereocenters. The normalized spacial score (nSPS) is 11.3. The van der Waals surface area contributed by atoms with E-state index in [2.05, 4.69) is 34.0 Å². The Kier molecular flexibility index (Phi) is 8.74. The average Bonchev–Trinajstić information content (AvgIpc) is 3.01. The molecule has 0 spiro atoms. The van der Waals surface area contributed by atoms with Gasteiger partial charge in [0.2, 0.25) is 0 Å². The predicted molar refractivity (Wildman–Crippen MR) is 112 cm³/mol. The van der Waals surface area contributed by atoms with E-state index >= 15 is 0 Å². The molecule has 128 valence electrons. The Morgan fingerprint density at radius 3 is 2.61 bits per heavy atom. The van der Waals surface area contributed by atoms with Crippen molar-refractivity contribution in [1.82, 2.24) is 15.2 Å². The molecule has 0 aromatic carbocycles. The van der Waals surface area contributed by atoms with E-state index < -0.39 is 0 Å². The van der Waals surface area contributed by atoms with Gasteiger partial charge in [0.25, 0.3) is 0 Å². The van der Waals surface area contributed by atoms with Crippen LogP contribution in [0.3, 0.4) is 0 Å². The van der Waals surface area contributed by atoms with Crippen molar-refractivity contribution in [1.29, 1.82) is 0 Å². The zero-order valence-electron chi connectivity index (χ0n) is 13.3. The van der Waals surface area contributed by atoms with Gasteiger partial charge in [-0.2, -0.15) is 0 Å². The molecule has 0 bridgehead atoms. The summed E-state index contributed by atoms with van der Waals surface area (Å²) >= 11 is 13.8. The molecule has 2 rings (SSSR count). The maximum atomic E-state index is 6.07. The van der Waals surface area contributed by atoms with Crippen LogP contribution in [0.2, 0.25) is 10.2 Å². The minimum atomic E-state index is 0. The molecule has 0 aliphatic rings. The van der Waals surface area contributed by atoms with Gasteiger partial charge in [-0.3, -0.25) is 0 Å². The van der Waals surface area contributed by atoms with E-state index in [1.807, 2.05) is 24.6 Å². The van der Waals surface area contributed by atoms with E-state index in [9.17, 15) is 0 Å². The molecule has 0 radical (unpaired) electrons. The summed E-state index contributed by atoms with van der Waals surface area (Å²) in [7, 11) is 1.88. The SMILES string of the molecule is CCNC(=NCc1cc(Cl)c(Cl)n1C)NCc1sccc1C.I. The van der Waals surface area contributed by atoms with Crippen LogP contribution in [0.1, 0.15) is 23.1 Å². The highest BCUT2D eigenvalue weighted by atomic mass is 127. The number of aryl methyl sites for hydroxylation is 1. The summed E-state index contributed by atoms with van der Waals surface area (Å²) in [4.78, 5) is 5.90. The molecular weight excluding hydrogens is 466 g/mol. The lowest BCUT2D eigenvalue weighted by molar-refractivity contribution is 0.789. The van der Waals surface area contributed by atoms with Gasteiger partial charge in [-0.15, -0.1) is 35.3 Å². The first-order valence-electron chi connectivity index (χ1n) is 7.07. The second-order valence-corrected chi connectivity index (χ2v) is 6.67. The molecule has 23 heavy (non-hydrogen) atoms. The third-order valence-electron chi connectivity index (χ3n) is 3.34. The van der Waals surface area contributed by atoms with Crippen LogP contribution in [0.5, 0.6) is 0 Å². The van der Waals surface area contributed by atoms with Gasteiger partial charge in [-0.05, 0) is 36.9 Å². The molecule has 2 N–H and O–H groups in total. The maximum absolute atomic E-state index is 6.07. The molecular formula is C15H21Cl2IN4S. The maximum Gasteiger partial charge on any atom is 0.191 e. The first-order chi connectivity index (χ1) is 10.5. The van der Waals surface area contributed by atoms with Gasteiger partial charge >= 0.3 is 0 Å². The summed E-state index contributed by atoms with van der Waals surface area (Å²) in [5, 5.41) is 9.79. The van der Waals surface area contributed by atoms with Gasteiger partial charge in [0, 0.05) is 24.2 Å². The number of thiophene rings is 1. The lowest BCUT2D eigenvalue weighted by atomic mass is 10.3. The molecule has 4 nitrogen and oxygen atoms in total. The number of rotatable bonds is 5. The highest BCUT2D eigenvalue weighted by Crippen LogP contribution is 2.25. The topological polar surface area (TPSA) is 41.4 Å². The van der Waals surface area contributed by atoms with Crippen LogP contribution in [0.15, 0.2) is 22.5 Å². The standard InChI is InChI=1S/C15H20Cl2N4S.HI/c1-4-18-15(20-9-13-10(2)5-6-22-13)19-8-11-7-12(16)14(17)21(11)3;/h5-7H,4,8-9H2,1-3H3,(H2,18,19,20);1H. The highest BCUT2D eigenvalue weighted by Gasteiger charge is 2.09. The van der Waals surface area contributed by atoms with Crippen LogP contribution in [-0.4, -0.2) is 17.1 Å². The van der Waals surface area contributed by atoms with Crippen molar-refractivity contribution in [3.8, 4) is 0 Å². The fourth-order valence-electron chi connectivity index (χ4n) is 1.99. The molecule has 0 aliphatic carbocycles. The number of hydrogen-bond acceptors (Lipinski definition) is 2. The molecule has 0 amide bonds. The number of hydrogen-bond donors (Lipinski definition) is 2. The Bertz CT molecular complexity index is 666. The lowest BCUT2D eigenvalue weighted by Crippen LogP contribution is -2.36. The van der Waals surface area contributed by atoms with Gasteiger partial charge in [0.1, 0.15) is 5.15 Å². The van der Waals surface area contributed by atoms with Crippen molar-refractivity contribution in [2.24, 2.45) is 12.0 Å². The summed E-state index contributed by atoms with van der Waals surface area (Å²) in [6.07, 6.45) is 0. The number of aromatic nitrogens is 1. The van der Waals surface area contributed by atoms with E-state index in [4.69, 9.17) is 23.2 Å². The quantitative estimate of drug-likeness (QED) is 0.369. The molecule has 0 saturated carbocycles. The Morgan fingerprint density at radius 1 is 1.35 bits per heavy atom. The van der Waals surface area contributed by atoms with Gasteiger partial charge in [-0.25, -0.2) is 4.99 Å². The third kappa shape index (κ3) is 5.55. The van der Waals surface area contributed by atoms with E-state index in [0.29, 0.717) is 16.7 Å². The van der Waals surface area contributed by atoms with Crippen LogP contribution in [0.25, 0.3) is 0 Å². The molecule has 0 saturated heterocycles. The van der Waals surface area contributed by atoms with Crippen molar-refractivity contribution < 1.29 is 0 Å². The smallest absolute Gasteiger partial charge is 0.191 e.